The summed E-state index contributed by atoms with van der Waals surface area (Å²) in [4.78, 5) is 11.1. The van der Waals surface area contributed by atoms with Gasteiger partial charge in [-0.15, -0.1) is 0 Å². The maximum absolute atomic E-state index is 11.1. The standard InChI is InChI=1S/C10H13NO4/c12-6-9(13)7-15-10(14)11-8-4-2-1-3-5-8/h1-5,9,12-13H,6-7H2,(H,11,14). The van der Waals surface area contributed by atoms with Crippen molar-refractivity contribution in [3.63, 3.8) is 0 Å². The molecule has 5 heteroatoms. The number of carbonyl (C=O) groups is 1. The topological polar surface area (TPSA) is 78.8 Å². The molecule has 0 aliphatic carbocycles. The Bertz CT molecular complexity index is 302. The Morgan fingerprint density at radius 3 is 2.67 bits per heavy atom. The van der Waals surface area contributed by atoms with Crippen molar-refractivity contribution < 1.29 is 19.7 Å². The van der Waals surface area contributed by atoms with Crippen LogP contribution in [0, 0.1) is 0 Å². The smallest absolute Gasteiger partial charge is 0.411 e. The molecule has 1 aromatic carbocycles. The Morgan fingerprint density at radius 2 is 2.07 bits per heavy atom. The lowest BCUT2D eigenvalue weighted by Gasteiger charge is -2.09. The van der Waals surface area contributed by atoms with E-state index in [1.807, 2.05) is 6.07 Å². The summed E-state index contributed by atoms with van der Waals surface area (Å²) in [6.45, 7) is -0.659. The summed E-state index contributed by atoms with van der Waals surface area (Å²) < 4.78 is 4.64. The second-order valence-corrected chi connectivity index (χ2v) is 2.93. The molecule has 1 rings (SSSR count). The Labute approximate surface area is 87.3 Å². The van der Waals surface area contributed by atoms with Crippen molar-refractivity contribution in [3.8, 4) is 0 Å². The third-order valence-corrected chi connectivity index (χ3v) is 1.64. The molecule has 0 fully saturated rings. The molecule has 0 bridgehead atoms. The summed E-state index contributed by atoms with van der Waals surface area (Å²) in [5.74, 6) is 0. The van der Waals surface area contributed by atoms with Gasteiger partial charge < -0.3 is 14.9 Å². The van der Waals surface area contributed by atoms with Crippen molar-refractivity contribution in [2.75, 3.05) is 18.5 Å². The fourth-order valence-electron chi connectivity index (χ4n) is 0.900. The van der Waals surface area contributed by atoms with Crippen molar-refractivity contribution >= 4 is 11.8 Å². The van der Waals surface area contributed by atoms with E-state index in [0.717, 1.165) is 0 Å². The van der Waals surface area contributed by atoms with Crippen molar-refractivity contribution in [2.24, 2.45) is 0 Å². The van der Waals surface area contributed by atoms with Gasteiger partial charge in [-0.05, 0) is 12.1 Å². The Kier molecular flexibility index (Phi) is 4.59. The van der Waals surface area contributed by atoms with Crippen LogP contribution < -0.4 is 5.32 Å². The van der Waals surface area contributed by atoms with Gasteiger partial charge in [0.15, 0.2) is 0 Å². The number of benzene rings is 1. The molecular formula is C10H13NO4. The maximum Gasteiger partial charge on any atom is 0.411 e. The summed E-state index contributed by atoms with van der Waals surface area (Å²) >= 11 is 0. The van der Waals surface area contributed by atoms with E-state index >= 15 is 0 Å². The molecule has 15 heavy (non-hydrogen) atoms. The molecule has 1 aromatic rings. The third-order valence-electron chi connectivity index (χ3n) is 1.64. The number of ether oxygens (including phenoxy) is 1. The second-order valence-electron chi connectivity index (χ2n) is 2.93. The van der Waals surface area contributed by atoms with Gasteiger partial charge in [-0.1, -0.05) is 18.2 Å². The van der Waals surface area contributed by atoms with Crippen LogP contribution in [-0.4, -0.2) is 35.6 Å². The highest BCUT2D eigenvalue weighted by atomic mass is 16.6. The molecule has 0 saturated heterocycles. The average Bonchev–Trinajstić information content (AvgIpc) is 2.27. The summed E-state index contributed by atoms with van der Waals surface area (Å²) in [6.07, 6.45) is -1.69. The van der Waals surface area contributed by atoms with Crippen molar-refractivity contribution in [1.29, 1.82) is 0 Å². The van der Waals surface area contributed by atoms with Crippen LogP contribution in [-0.2, 0) is 4.74 Å². The van der Waals surface area contributed by atoms with Crippen LogP contribution >= 0.6 is 0 Å². The van der Waals surface area contributed by atoms with Crippen LogP contribution in [0.5, 0.6) is 0 Å². The Balaban J connectivity index is 2.31. The lowest BCUT2D eigenvalue weighted by molar-refractivity contribution is 0.0362. The number of aliphatic hydroxyl groups is 2. The van der Waals surface area contributed by atoms with Crippen molar-refractivity contribution in [1.82, 2.24) is 0 Å². The van der Waals surface area contributed by atoms with Crippen LogP contribution in [0.1, 0.15) is 0 Å². The van der Waals surface area contributed by atoms with E-state index in [9.17, 15) is 4.79 Å². The molecule has 1 atom stereocenters. The van der Waals surface area contributed by atoms with Gasteiger partial charge in [0.2, 0.25) is 0 Å². The molecule has 1 unspecified atom stereocenters. The van der Waals surface area contributed by atoms with E-state index in [0.29, 0.717) is 5.69 Å². The van der Waals surface area contributed by atoms with Gasteiger partial charge >= 0.3 is 6.09 Å². The van der Waals surface area contributed by atoms with Gasteiger partial charge in [0.05, 0.1) is 6.61 Å². The lowest BCUT2D eigenvalue weighted by Crippen LogP contribution is -2.24. The van der Waals surface area contributed by atoms with Gasteiger partial charge in [-0.3, -0.25) is 5.32 Å². The molecule has 0 heterocycles. The molecule has 0 saturated carbocycles. The SMILES string of the molecule is O=C(Nc1ccccc1)OCC(O)CO. The number of carbonyl (C=O) groups excluding carboxylic acids is 1. The number of amides is 1. The predicted octanol–water partition coefficient (Wildman–Crippen LogP) is 0.588. The number of anilines is 1. The monoisotopic (exact) mass is 211 g/mol. The molecule has 0 radical (unpaired) electrons. The van der Waals surface area contributed by atoms with Crippen molar-refractivity contribution in [2.45, 2.75) is 6.10 Å². The normalized spacial score (nSPS) is 11.9. The van der Waals surface area contributed by atoms with Crippen LogP contribution in [0.2, 0.25) is 0 Å². The minimum atomic E-state index is -1.04. The molecule has 1 amide bonds. The van der Waals surface area contributed by atoms with E-state index < -0.39 is 18.8 Å². The predicted molar refractivity (Wildman–Crippen MR) is 54.5 cm³/mol. The first-order valence-corrected chi connectivity index (χ1v) is 4.50. The van der Waals surface area contributed by atoms with E-state index in [1.54, 1.807) is 24.3 Å². The Morgan fingerprint density at radius 1 is 1.40 bits per heavy atom. The number of nitrogens with one attached hydrogen (secondary N) is 1. The van der Waals surface area contributed by atoms with Gasteiger partial charge in [0.25, 0.3) is 0 Å². The molecule has 5 nitrogen and oxygen atoms in total. The molecule has 0 aliphatic rings. The number of hydrogen-bond donors (Lipinski definition) is 3. The van der Waals surface area contributed by atoms with Gasteiger partial charge in [-0.25, -0.2) is 4.79 Å². The first kappa shape index (κ1) is 11.5. The molecule has 0 aliphatic heterocycles. The summed E-state index contributed by atoms with van der Waals surface area (Å²) in [7, 11) is 0. The van der Waals surface area contributed by atoms with Gasteiger partial charge in [-0.2, -0.15) is 0 Å². The van der Waals surface area contributed by atoms with Crippen LogP contribution in [0.3, 0.4) is 0 Å². The highest BCUT2D eigenvalue weighted by Gasteiger charge is 2.07. The fourth-order valence-corrected chi connectivity index (χ4v) is 0.900. The highest BCUT2D eigenvalue weighted by Crippen LogP contribution is 2.05. The fraction of sp³-hybridized carbons (Fsp3) is 0.300. The first-order valence-electron chi connectivity index (χ1n) is 4.50. The number of hydrogen-bond acceptors (Lipinski definition) is 4. The van der Waals surface area contributed by atoms with Gasteiger partial charge in [0, 0.05) is 5.69 Å². The zero-order chi connectivity index (χ0) is 11.1. The minimum absolute atomic E-state index is 0.227. The molecule has 3 N–H and O–H groups in total. The molecule has 82 valence electrons. The van der Waals surface area contributed by atoms with E-state index in [1.165, 1.54) is 0 Å². The number of aliphatic hydroxyl groups excluding tert-OH is 2. The van der Waals surface area contributed by atoms with Crippen LogP contribution in [0.4, 0.5) is 10.5 Å². The first-order chi connectivity index (χ1) is 7.22. The van der Waals surface area contributed by atoms with Crippen LogP contribution in [0.25, 0.3) is 0 Å². The minimum Gasteiger partial charge on any atom is -0.446 e. The van der Waals surface area contributed by atoms with E-state index in [-0.39, 0.29) is 6.61 Å². The number of rotatable bonds is 4. The zero-order valence-electron chi connectivity index (χ0n) is 8.09. The quantitative estimate of drug-likeness (QED) is 0.681. The van der Waals surface area contributed by atoms with E-state index in [2.05, 4.69) is 10.1 Å². The van der Waals surface area contributed by atoms with Crippen LogP contribution in [0.15, 0.2) is 30.3 Å². The van der Waals surface area contributed by atoms with E-state index in [4.69, 9.17) is 10.2 Å². The molecule has 0 aromatic heterocycles. The second kappa shape index (κ2) is 6.00. The van der Waals surface area contributed by atoms with Crippen molar-refractivity contribution in [3.05, 3.63) is 30.3 Å². The summed E-state index contributed by atoms with van der Waals surface area (Å²) in [5, 5.41) is 19.9. The lowest BCUT2D eigenvalue weighted by atomic mass is 10.3. The third kappa shape index (κ3) is 4.44. The highest BCUT2D eigenvalue weighted by molar-refractivity contribution is 5.84. The molecular weight excluding hydrogens is 198 g/mol. The average molecular weight is 211 g/mol. The summed E-state index contributed by atoms with van der Waals surface area (Å²) in [6, 6.07) is 8.80. The largest absolute Gasteiger partial charge is 0.446 e. The van der Waals surface area contributed by atoms with Gasteiger partial charge in [0.1, 0.15) is 12.7 Å². The zero-order valence-corrected chi connectivity index (χ0v) is 8.09. The summed E-state index contributed by atoms with van der Waals surface area (Å²) in [5.41, 5.74) is 0.612. The number of para-hydroxylation sites is 1. The maximum atomic E-state index is 11.1. The Hall–Kier alpha value is -1.59. The molecule has 0 spiro atoms.